The van der Waals surface area contributed by atoms with E-state index in [-0.39, 0.29) is 11.7 Å². The van der Waals surface area contributed by atoms with Crippen molar-refractivity contribution < 1.29 is 9.90 Å². The predicted molar refractivity (Wildman–Crippen MR) is 79.7 cm³/mol. The van der Waals surface area contributed by atoms with Crippen molar-refractivity contribution in [3.8, 4) is 5.75 Å². The molecular weight excluding hydrogens is 274 g/mol. The van der Waals surface area contributed by atoms with Crippen LogP contribution in [0.15, 0.2) is 48.5 Å². The number of benzene rings is 2. The Morgan fingerprint density at radius 2 is 1.70 bits per heavy atom. The molecule has 0 atom stereocenters. The van der Waals surface area contributed by atoms with Crippen LogP contribution in [0, 0.1) is 0 Å². The van der Waals surface area contributed by atoms with Gasteiger partial charge < -0.3 is 10.4 Å². The first-order valence-corrected chi connectivity index (χ1v) is 6.81. The second-order valence-corrected chi connectivity index (χ2v) is 4.90. The molecule has 2 aromatic rings. The summed E-state index contributed by atoms with van der Waals surface area (Å²) in [5.74, 6) is 0.166. The molecule has 20 heavy (non-hydrogen) atoms. The lowest BCUT2D eigenvalue weighted by atomic mass is 10.1. The highest BCUT2D eigenvalue weighted by molar-refractivity contribution is 6.31. The van der Waals surface area contributed by atoms with Crippen LogP contribution in [0.25, 0.3) is 0 Å². The molecule has 0 saturated carbocycles. The molecule has 0 saturated heterocycles. The van der Waals surface area contributed by atoms with Crippen LogP contribution in [-0.2, 0) is 17.8 Å². The Hall–Kier alpha value is -2.00. The Balaban J connectivity index is 1.82. The number of carbonyl (C=O) groups is 1. The molecule has 2 aromatic carbocycles. The molecule has 2 rings (SSSR count). The summed E-state index contributed by atoms with van der Waals surface area (Å²) in [5, 5.41) is 13.1. The second-order valence-electron chi connectivity index (χ2n) is 4.50. The van der Waals surface area contributed by atoms with Crippen molar-refractivity contribution in [2.45, 2.75) is 19.4 Å². The van der Waals surface area contributed by atoms with Gasteiger partial charge in [0, 0.05) is 18.0 Å². The van der Waals surface area contributed by atoms with Gasteiger partial charge in [-0.05, 0) is 29.7 Å². The first kappa shape index (κ1) is 14.4. The minimum Gasteiger partial charge on any atom is -0.508 e. The van der Waals surface area contributed by atoms with Crippen LogP contribution in [0.3, 0.4) is 0 Å². The van der Waals surface area contributed by atoms with Gasteiger partial charge in [-0.15, -0.1) is 0 Å². The zero-order chi connectivity index (χ0) is 14.4. The topological polar surface area (TPSA) is 49.3 Å². The molecule has 0 aliphatic rings. The smallest absolute Gasteiger partial charge is 0.220 e. The number of aryl methyl sites for hydroxylation is 1. The molecule has 0 aliphatic heterocycles. The number of aromatic hydroxyl groups is 1. The highest BCUT2D eigenvalue weighted by Crippen LogP contribution is 2.17. The summed E-state index contributed by atoms with van der Waals surface area (Å²) >= 11 is 6.02. The van der Waals surface area contributed by atoms with Gasteiger partial charge >= 0.3 is 0 Å². The summed E-state index contributed by atoms with van der Waals surface area (Å²) in [6, 6.07) is 14.5. The van der Waals surface area contributed by atoms with E-state index in [0.29, 0.717) is 24.4 Å². The molecule has 0 unspecified atom stereocenters. The number of halogens is 1. The molecule has 0 bridgehead atoms. The minimum absolute atomic E-state index is 0.0619. The van der Waals surface area contributed by atoms with Gasteiger partial charge in [0.25, 0.3) is 0 Å². The normalized spacial score (nSPS) is 10.2. The van der Waals surface area contributed by atoms with E-state index in [9.17, 15) is 9.90 Å². The first-order valence-electron chi connectivity index (χ1n) is 6.44. The Bertz CT molecular complexity index is 547. The largest absolute Gasteiger partial charge is 0.508 e. The van der Waals surface area contributed by atoms with Crippen molar-refractivity contribution in [2.75, 3.05) is 0 Å². The van der Waals surface area contributed by atoms with Gasteiger partial charge in [-0.1, -0.05) is 48.0 Å². The van der Waals surface area contributed by atoms with E-state index in [4.69, 9.17) is 11.6 Å². The average Bonchev–Trinajstić information content (AvgIpc) is 2.45. The molecule has 3 nitrogen and oxygen atoms in total. The molecule has 0 aromatic heterocycles. The lowest BCUT2D eigenvalue weighted by Crippen LogP contribution is -2.23. The van der Waals surface area contributed by atoms with Gasteiger partial charge in [0.05, 0.1) is 0 Å². The predicted octanol–water partition coefficient (Wildman–Crippen LogP) is 3.29. The van der Waals surface area contributed by atoms with Gasteiger partial charge in [0.15, 0.2) is 0 Å². The van der Waals surface area contributed by atoms with Gasteiger partial charge in [0.1, 0.15) is 5.75 Å². The monoisotopic (exact) mass is 289 g/mol. The highest BCUT2D eigenvalue weighted by atomic mass is 35.5. The number of carbonyl (C=O) groups excluding carboxylic acids is 1. The fourth-order valence-corrected chi connectivity index (χ4v) is 2.10. The van der Waals surface area contributed by atoms with Gasteiger partial charge in [-0.3, -0.25) is 4.79 Å². The maximum Gasteiger partial charge on any atom is 0.220 e. The lowest BCUT2D eigenvalue weighted by molar-refractivity contribution is -0.121. The zero-order valence-corrected chi connectivity index (χ0v) is 11.7. The molecule has 4 heteroatoms. The second kappa shape index (κ2) is 6.96. The summed E-state index contributed by atoms with van der Waals surface area (Å²) in [5.41, 5.74) is 1.67. The summed E-state index contributed by atoms with van der Waals surface area (Å²) < 4.78 is 0. The number of amides is 1. The average molecular weight is 290 g/mol. The van der Waals surface area contributed by atoms with Crippen LogP contribution in [0.1, 0.15) is 17.5 Å². The molecule has 0 spiro atoms. The Morgan fingerprint density at radius 3 is 2.40 bits per heavy atom. The Labute approximate surface area is 123 Å². The van der Waals surface area contributed by atoms with Gasteiger partial charge in [0.2, 0.25) is 5.91 Å². The SMILES string of the molecule is O=C(CCc1ccccc1O)NCc1ccccc1Cl. The van der Waals surface area contributed by atoms with Crippen LogP contribution >= 0.6 is 11.6 Å². The van der Waals surface area contributed by atoms with E-state index < -0.39 is 0 Å². The number of hydrogen-bond donors (Lipinski definition) is 2. The summed E-state index contributed by atoms with van der Waals surface area (Å²) in [7, 11) is 0. The Morgan fingerprint density at radius 1 is 1.05 bits per heavy atom. The van der Waals surface area contributed by atoms with Crippen LogP contribution < -0.4 is 5.32 Å². The molecule has 0 aliphatic carbocycles. The van der Waals surface area contributed by atoms with E-state index in [2.05, 4.69) is 5.32 Å². The standard InChI is InChI=1S/C16H16ClNO2/c17-14-7-3-1-6-13(14)11-18-16(20)10-9-12-5-2-4-8-15(12)19/h1-8,19H,9-11H2,(H,18,20). The molecule has 104 valence electrons. The molecule has 0 heterocycles. The number of phenolic OH excluding ortho intramolecular Hbond substituents is 1. The fourth-order valence-electron chi connectivity index (χ4n) is 1.89. The minimum atomic E-state index is -0.0619. The van der Waals surface area contributed by atoms with Crippen molar-refractivity contribution in [3.63, 3.8) is 0 Å². The van der Waals surface area contributed by atoms with Crippen molar-refractivity contribution in [2.24, 2.45) is 0 Å². The van der Waals surface area contributed by atoms with Crippen LogP contribution in [0.5, 0.6) is 5.75 Å². The van der Waals surface area contributed by atoms with E-state index in [0.717, 1.165) is 11.1 Å². The number of phenols is 1. The third-order valence-corrected chi connectivity index (χ3v) is 3.42. The van der Waals surface area contributed by atoms with E-state index >= 15 is 0 Å². The van der Waals surface area contributed by atoms with Crippen LogP contribution in [0.4, 0.5) is 0 Å². The third-order valence-electron chi connectivity index (χ3n) is 3.05. The summed E-state index contributed by atoms with van der Waals surface area (Å²) in [6.07, 6.45) is 0.850. The van der Waals surface area contributed by atoms with Gasteiger partial charge in [-0.2, -0.15) is 0 Å². The van der Waals surface area contributed by atoms with Gasteiger partial charge in [-0.25, -0.2) is 0 Å². The molecule has 0 radical (unpaired) electrons. The fraction of sp³-hybridized carbons (Fsp3) is 0.188. The van der Waals surface area contributed by atoms with Crippen molar-refractivity contribution in [1.82, 2.24) is 5.32 Å². The third kappa shape index (κ3) is 4.00. The van der Waals surface area contributed by atoms with E-state index in [1.807, 2.05) is 30.3 Å². The maximum atomic E-state index is 11.8. The van der Waals surface area contributed by atoms with E-state index in [1.165, 1.54) is 0 Å². The molecule has 0 fully saturated rings. The highest BCUT2D eigenvalue weighted by Gasteiger charge is 2.06. The summed E-state index contributed by atoms with van der Waals surface area (Å²) in [6.45, 7) is 0.416. The summed E-state index contributed by atoms with van der Waals surface area (Å²) in [4.78, 5) is 11.8. The number of rotatable bonds is 5. The van der Waals surface area contributed by atoms with Crippen LogP contribution in [0.2, 0.25) is 5.02 Å². The number of para-hydroxylation sites is 1. The number of nitrogens with one attached hydrogen (secondary N) is 1. The van der Waals surface area contributed by atoms with Crippen molar-refractivity contribution >= 4 is 17.5 Å². The molecular formula is C16H16ClNO2. The molecule has 2 N–H and O–H groups in total. The first-order chi connectivity index (χ1) is 9.66. The maximum absolute atomic E-state index is 11.8. The van der Waals surface area contributed by atoms with Crippen molar-refractivity contribution in [3.05, 3.63) is 64.7 Å². The van der Waals surface area contributed by atoms with Crippen LogP contribution in [-0.4, -0.2) is 11.0 Å². The zero-order valence-electron chi connectivity index (χ0n) is 11.0. The van der Waals surface area contributed by atoms with E-state index in [1.54, 1.807) is 18.2 Å². The lowest BCUT2D eigenvalue weighted by Gasteiger charge is -2.07. The van der Waals surface area contributed by atoms with Crippen molar-refractivity contribution in [1.29, 1.82) is 0 Å². The Kier molecular flexibility index (Phi) is 5.02. The molecule has 1 amide bonds. The number of hydrogen-bond acceptors (Lipinski definition) is 2. The quantitative estimate of drug-likeness (QED) is 0.887.